The molecule has 0 saturated carbocycles. The first-order valence-corrected chi connectivity index (χ1v) is 4.17. The first-order chi connectivity index (χ1) is 6.15. The second-order valence-corrected chi connectivity index (χ2v) is 2.84. The lowest BCUT2D eigenvalue weighted by Crippen LogP contribution is -2.01. The smallest absolute Gasteiger partial charge is 0.165 e. The van der Waals surface area contributed by atoms with E-state index in [4.69, 9.17) is 5.11 Å². The van der Waals surface area contributed by atoms with Crippen LogP contribution >= 0.6 is 0 Å². The van der Waals surface area contributed by atoms with Gasteiger partial charge in [0, 0.05) is 6.42 Å². The van der Waals surface area contributed by atoms with Crippen molar-refractivity contribution < 1.29 is 14.3 Å². The summed E-state index contributed by atoms with van der Waals surface area (Å²) in [6, 6.07) is 3.48. The topological polar surface area (TPSA) is 37.3 Å². The predicted molar refractivity (Wildman–Crippen MR) is 47.3 cm³/mol. The van der Waals surface area contributed by atoms with Crippen LogP contribution < -0.4 is 0 Å². The highest BCUT2D eigenvalue weighted by atomic mass is 19.1. The van der Waals surface area contributed by atoms with Gasteiger partial charge in [-0.15, -0.1) is 0 Å². The first-order valence-electron chi connectivity index (χ1n) is 4.17. The Morgan fingerprint density at radius 2 is 2.23 bits per heavy atom. The lowest BCUT2D eigenvalue weighted by Gasteiger charge is -2.01. The van der Waals surface area contributed by atoms with E-state index in [1.165, 1.54) is 6.07 Å². The molecule has 3 heteroatoms. The van der Waals surface area contributed by atoms with Crippen LogP contribution in [0.25, 0.3) is 0 Å². The van der Waals surface area contributed by atoms with Crippen molar-refractivity contribution in [2.24, 2.45) is 0 Å². The molecule has 0 atom stereocenters. The van der Waals surface area contributed by atoms with Crippen molar-refractivity contribution in [3.63, 3.8) is 0 Å². The summed E-state index contributed by atoms with van der Waals surface area (Å²) in [4.78, 5) is 11.3. The molecule has 0 aliphatic carbocycles. The van der Waals surface area contributed by atoms with E-state index < -0.39 is 5.82 Å². The number of ketones is 1. The molecule has 0 bridgehead atoms. The minimum atomic E-state index is -0.573. The van der Waals surface area contributed by atoms with Crippen LogP contribution in [0, 0.1) is 5.82 Å². The number of Topliss-reactive ketones (excluding diaryl/α,β-unsaturated/α-hetero) is 1. The molecule has 0 aliphatic heterocycles. The van der Waals surface area contributed by atoms with Crippen LogP contribution in [0.4, 0.5) is 4.39 Å². The van der Waals surface area contributed by atoms with E-state index in [9.17, 15) is 9.18 Å². The number of phenolic OH excluding ortho intramolecular Hbond substituents is 1. The van der Waals surface area contributed by atoms with Gasteiger partial charge in [-0.2, -0.15) is 0 Å². The SMILES string of the molecule is CCCC(=O)c1cc(O)ccc1F. The van der Waals surface area contributed by atoms with Crippen LogP contribution in [0.1, 0.15) is 30.1 Å². The number of hydrogen-bond acceptors (Lipinski definition) is 2. The third-order valence-electron chi connectivity index (χ3n) is 1.73. The van der Waals surface area contributed by atoms with E-state index in [2.05, 4.69) is 0 Å². The molecule has 13 heavy (non-hydrogen) atoms. The first kappa shape index (κ1) is 9.71. The van der Waals surface area contributed by atoms with Crippen molar-refractivity contribution in [3.05, 3.63) is 29.6 Å². The maximum absolute atomic E-state index is 13.0. The number of carbonyl (C=O) groups excluding carboxylic acids is 1. The standard InChI is InChI=1S/C10H11FO2/c1-2-3-10(13)8-6-7(12)4-5-9(8)11/h4-6,12H,2-3H2,1H3. The maximum atomic E-state index is 13.0. The number of hydrogen-bond donors (Lipinski definition) is 1. The van der Waals surface area contributed by atoms with Gasteiger partial charge in [-0.3, -0.25) is 4.79 Å². The Bertz CT molecular complexity index is 321. The molecule has 0 spiro atoms. The molecule has 1 aromatic rings. The van der Waals surface area contributed by atoms with Gasteiger partial charge in [-0.05, 0) is 24.6 Å². The number of halogens is 1. The fourth-order valence-corrected chi connectivity index (χ4v) is 1.09. The van der Waals surface area contributed by atoms with Gasteiger partial charge in [0.15, 0.2) is 5.78 Å². The van der Waals surface area contributed by atoms with E-state index in [0.717, 1.165) is 12.1 Å². The number of aromatic hydroxyl groups is 1. The summed E-state index contributed by atoms with van der Waals surface area (Å²) in [5.74, 6) is -0.923. The van der Waals surface area contributed by atoms with Crippen LogP contribution in [0.5, 0.6) is 5.75 Å². The van der Waals surface area contributed by atoms with E-state index in [0.29, 0.717) is 12.8 Å². The summed E-state index contributed by atoms with van der Waals surface area (Å²) in [5.41, 5.74) is -0.0261. The predicted octanol–water partition coefficient (Wildman–Crippen LogP) is 2.51. The fourth-order valence-electron chi connectivity index (χ4n) is 1.09. The number of benzene rings is 1. The Kier molecular flexibility index (Phi) is 3.01. The van der Waals surface area contributed by atoms with Crippen molar-refractivity contribution in [1.82, 2.24) is 0 Å². The van der Waals surface area contributed by atoms with E-state index in [1.807, 2.05) is 6.92 Å². The normalized spacial score (nSPS) is 10.0. The molecule has 0 aliphatic rings. The van der Waals surface area contributed by atoms with Crippen molar-refractivity contribution in [2.45, 2.75) is 19.8 Å². The quantitative estimate of drug-likeness (QED) is 0.729. The minimum absolute atomic E-state index is 0.0261. The van der Waals surface area contributed by atoms with Gasteiger partial charge in [0.05, 0.1) is 5.56 Å². The third kappa shape index (κ3) is 2.28. The summed E-state index contributed by atoms with van der Waals surface area (Å²) in [7, 11) is 0. The van der Waals surface area contributed by atoms with Crippen LogP contribution in [-0.4, -0.2) is 10.9 Å². The third-order valence-corrected chi connectivity index (χ3v) is 1.73. The lowest BCUT2D eigenvalue weighted by molar-refractivity contribution is 0.0977. The molecular weight excluding hydrogens is 171 g/mol. The summed E-state index contributed by atoms with van der Waals surface area (Å²) < 4.78 is 13.0. The molecular formula is C10H11FO2. The van der Waals surface area contributed by atoms with Gasteiger partial charge in [-0.1, -0.05) is 6.92 Å². The average molecular weight is 182 g/mol. The molecule has 0 fully saturated rings. The Hall–Kier alpha value is -1.38. The molecule has 0 unspecified atom stereocenters. The zero-order valence-electron chi connectivity index (χ0n) is 7.38. The Labute approximate surface area is 76.0 Å². The zero-order chi connectivity index (χ0) is 9.84. The maximum Gasteiger partial charge on any atom is 0.165 e. The van der Waals surface area contributed by atoms with Crippen LogP contribution in [0.3, 0.4) is 0 Å². The summed E-state index contributed by atoms with van der Waals surface area (Å²) in [6.07, 6.45) is 0.980. The Balaban J connectivity index is 2.99. The highest BCUT2D eigenvalue weighted by molar-refractivity contribution is 5.96. The second kappa shape index (κ2) is 4.03. The molecule has 0 radical (unpaired) electrons. The molecule has 1 N–H and O–H groups in total. The van der Waals surface area contributed by atoms with Gasteiger partial charge in [-0.25, -0.2) is 4.39 Å². The molecule has 0 amide bonds. The molecule has 70 valence electrons. The molecule has 0 aromatic heterocycles. The van der Waals surface area contributed by atoms with Gasteiger partial charge in [0.25, 0.3) is 0 Å². The summed E-state index contributed by atoms with van der Waals surface area (Å²) in [5, 5.41) is 9.04. The average Bonchev–Trinajstić information content (AvgIpc) is 2.09. The monoisotopic (exact) mass is 182 g/mol. The van der Waals surface area contributed by atoms with Crippen LogP contribution in [0.15, 0.2) is 18.2 Å². The van der Waals surface area contributed by atoms with Gasteiger partial charge >= 0.3 is 0 Å². The summed E-state index contributed by atoms with van der Waals surface area (Å²) in [6.45, 7) is 1.85. The Morgan fingerprint density at radius 1 is 1.54 bits per heavy atom. The van der Waals surface area contributed by atoms with Crippen molar-refractivity contribution in [3.8, 4) is 5.75 Å². The number of rotatable bonds is 3. The van der Waals surface area contributed by atoms with E-state index in [1.54, 1.807) is 0 Å². The molecule has 2 nitrogen and oxygen atoms in total. The number of phenols is 1. The van der Waals surface area contributed by atoms with Crippen molar-refractivity contribution in [2.75, 3.05) is 0 Å². The van der Waals surface area contributed by atoms with Gasteiger partial charge < -0.3 is 5.11 Å². The second-order valence-electron chi connectivity index (χ2n) is 2.84. The van der Waals surface area contributed by atoms with Gasteiger partial charge in [0.2, 0.25) is 0 Å². The highest BCUT2D eigenvalue weighted by Crippen LogP contribution is 2.17. The van der Waals surface area contributed by atoms with Gasteiger partial charge in [0.1, 0.15) is 11.6 Å². The van der Waals surface area contributed by atoms with Crippen LogP contribution in [-0.2, 0) is 0 Å². The molecule has 1 rings (SSSR count). The largest absolute Gasteiger partial charge is 0.508 e. The fraction of sp³-hybridized carbons (Fsp3) is 0.300. The number of carbonyl (C=O) groups is 1. The highest BCUT2D eigenvalue weighted by Gasteiger charge is 2.10. The van der Waals surface area contributed by atoms with E-state index in [-0.39, 0.29) is 17.1 Å². The lowest BCUT2D eigenvalue weighted by atomic mass is 10.1. The zero-order valence-corrected chi connectivity index (χ0v) is 7.38. The van der Waals surface area contributed by atoms with E-state index >= 15 is 0 Å². The molecule has 1 aromatic carbocycles. The molecule has 0 heterocycles. The van der Waals surface area contributed by atoms with Crippen LogP contribution in [0.2, 0.25) is 0 Å². The Morgan fingerprint density at radius 3 is 2.85 bits per heavy atom. The summed E-state index contributed by atoms with van der Waals surface area (Å²) >= 11 is 0. The van der Waals surface area contributed by atoms with Crippen molar-refractivity contribution >= 4 is 5.78 Å². The molecule has 0 saturated heterocycles. The van der Waals surface area contributed by atoms with Crippen molar-refractivity contribution in [1.29, 1.82) is 0 Å². The minimum Gasteiger partial charge on any atom is -0.508 e.